The van der Waals surface area contributed by atoms with Crippen LogP contribution in [0.2, 0.25) is 0 Å². The first-order valence-corrected chi connectivity index (χ1v) is 6.53. The number of benzene rings is 1. The molecule has 1 fully saturated rings. The van der Waals surface area contributed by atoms with Gasteiger partial charge in [0.15, 0.2) is 0 Å². The Kier molecular flexibility index (Phi) is 3.11. The number of nitrogens with one attached hydrogen (secondary N) is 1. The zero-order valence-corrected chi connectivity index (χ0v) is 10.6. The smallest absolute Gasteiger partial charge is 0.0817 e. The minimum Gasteiger partial charge on any atom is -0.311 e. The third-order valence-corrected chi connectivity index (χ3v) is 3.83. The van der Waals surface area contributed by atoms with Crippen LogP contribution < -0.4 is 5.32 Å². The van der Waals surface area contributed by atoms with E-state index in [9.17, 15) is 0 Å². The number of aromatic nitrogens is 3. The first-order chi connectivity index (χ1) is 8.90. The van der Waals surface area contributed by atoms with E-state index >= 15 is 0 Å². The molecule has 94 valence electrons. The van der Waals surface area contributed by atoms with Crippen molar-refractivity contribution >= 4 is 0 Å². The van der Waals surface area contributed by atoms with Crippen LogP contribution in [0.15, 0.2) is 36.5 Å². The summed E-state index contributed by atoms with van der Waals surface area (Å²) in [6, 6.07) is 10.5. The molecule has 4 nitrogen and oxygen atoms in total. The van der Waals surface area contributed by atoms with Crippen LogP contribution in [-0.4, -0.2) is 22.0 Å². The second-order valence-electron chi connectivity index (χ2n) is 4.86. The molecule has 1 N–H and O–H groups in total. The maximum absolute atomic E-state index is 4.22. The lowest BCUT2D eigenvalue weighted by molar-refractivity contribution is 0.233. The Hall–Kier alpha value is -1.68. The number of para-hydroxylation sites is 1. The summed E-state index contributed by atoms with van der Waals surface area (Å²) in [5.74, 6) is 0.718. The van der Waals surface area contributed by atoms with Crippen molar-refractivity contribution in [2.75, 3.05) is 7.05 Å². The molecule has 1 unspecified atom stereocenters. The second kappa shape index (κ2) is 4.90. The van der Waals surface area contributed by atoms with Crippen molar-refractivity contribution in [1.29, 1.82) is 0 Å². The molecule has 0 amide bonds. The Labute approximate surface area is 107 Å². The van der Waals surface area contributed by atoms with E-state index in [1.54, 1.807) is 0 Å². The maximum Gasteiger partial charge on any atom is 0.0817 e. The van der Waals surface area contributed by atoms with E-state index in [0.717, 1.165) is 17.3 Å². The van der Waals surface area contributed by atoms with Gasteiger partial charge >= 0.3 is 0 Å². The maximum atomic E-state index is 4.22. The van der Waals surface area contributed by atoms with Crippen LogP contribution in [0.25, 0.3) is 5.69 Å². The van der Waals surface area contributed by atoms with Crippen molar-refractivity contribution in [1.82, 2.24) is 20.3 Å². The van der Waals surface area contributed by atoms with Crippen LogP contribution in [0.1, 0.15) is 31.0 Å². The molecule has 1 aliphatic rings. The van der Waals surface area contributed by atoms with Crippen LogP contribution >= 0.6 is 0 Å². The van der Waals surface area contributed by atoms with Gasteiger partial charge in [-0.3, -0.25) is 0 Å². The van der Waals surface area contributed by atoms with E-state index in [2.05, 4.69) is 27.8 Å². The minimum atomic E-state index is 0.356. The van der Waals surface area contributed by atoms with Crippen molar-refractivity contribution in [3.8, 4) is 5.69 Å². The highest BCUT2D eigenvalue weighted by Gasteiger charge is 2.30. The summed E-state index contributed by atoms with van der Waals surface area (Å²) in [6.45, 7) is 0. The highest BCUT2D eigenvalue weighted by atomic mass is 15.4. The number of rotatable bonds is 4. The fraction of sp³-hybridized carbons (Fsp3) is 0.429. The molecule has 0 spiro atoms. The summed E-state index contributed by atoms with van der Waals surface area (Å²) in [6.07, 6.45) is 5.82. The summed E-state index contributed by atoms with van der Waals surface area (Å²) >= 11 is 0. The lowest BCUT2D eigenvalue weighted by Crippen LogP contribution is -2.31. The number of nitrogens with zero attached hydrogens (tertiary/aromatic N) is 3. The van der Waals surface area contributed by atoms with E-state index in [-0.39, 0.29) is 0 Å². The summed E-state index contributed by atoms with van der Waals surface area (Å²) < 4.78 is 1.94. The van der Waals surface area contributed by atoms with Crippen molar-refractivity contribution in [3.63, 3.8) is 0 Å². The molecule has 3 rings (SSSR count). The van der Waals surface area contributed by atoms with Gasteiger partial charge in [-0.05, 0) is 37.9 Å². The fourth-order valence-electron chi connectivity index (χ4n) is 2.62. The van der Waals surface area contributed by atoms with Gasteiger partial charge in [0, 0.05) is 0 Å². The Bertz CT molecular complexity index is 502. The van der Waals surface area contributed by atoms with Crippen molar-refractivity contribution in [2.45, 2.75) is 25.3 Å². The van der Waals surface area contributed by atoms with Crippen molar-refractivity contribution in [2.24, 2.45) is 5.92 Å². The Morgan fingerprint density at radius 1 is 1.28 bits per heavy atom. The monoisotopic (exact) mass is 242 g/mol. The summed E-state index contributed by atoms with van der Waals surface area (Å²) in [4.78, 5) is 0. The molecular weight excluding hydrogens is 224 g/mol. The third-order valence-electron chi connectivity index (χ3n) is 3.83. The number of hydrogen-bond acceptors (Lipinski definition) is 3. The van der Waals surface area contributed by atoms with Gasteiger partial charge in [-0.25, -0.2) is 4.68 Å². The highest BCUT2D eigenvalue weighted by molar-refractivity contribution is 5.32. The van der Waals surface area contributed by atoms with Crippen LogP contribution in [-0.2, 0) is 0 Å². The zero-order chi connectivity index (χ0) is 12.4. The molecular formula is C14H18N4. The van der Waals surface area contributed by atoms with Gasteiger partial charge < -0.3 is 5.32 Å². The topological polar surface area (TPSA) is 42.7 Å². The van der Waals surface area contributed by atoms with Gasteiger partial charge in [0.1, 0.15) is 0 Å². The molecule has 1 heterocycles. The molecule has 2 aromatic rings. The largest absolute Gasteiger partial charge is 0.311 e. The summed E-state index contributed by atoms with van der Waals surface area (Å²) in [5.41, 5.74) is 2.23. The average Bonchev–Trinajstić information content (AvgIpc) is 2.83. The first kappa shape index (κ1) is 11.4. The molecule has 1 aliphatic carbocycles. The van der Waals surface area contributed by atoms with E-state index < -0.39 is 0 Å². The average molecular weight is 242 g/mol. The molecule has 1 aromatic heterocycles. The van der Waals surface area contributed by atoms with E-state index in [0.29, 0.717) is 6.04 Å². The normalized spacial score (nSPS) is 17.4. The van der Waals surface area contributed by atoms with Gasteiger partial charge in [0.2, 0.25) is 0 Å². The van der Waals surface area contributed by atoms with Crippen LogP contribution in [0.3, 0.4) is 0 Å². The predicted octanol–water partition coefficient (Wildman–Crippen LogP) is 2.33. The Balaban J connectivity index is 1.95. The standard InChI is InChI=1S/C14H18N4/c1-15-14(11-6-5-7-11)13-10-16-17-18(13)12-8-3-2-4-9-12/h2-4,8-11,14-15H,5-7H2,1H3. The van der Waals surface area contributed by atoms with Gasteiger partial charge in [0.25, 0.3) is 0 Å². The minimum absolute atomic E-state index is 0.356. The summed E-state index contributed by atoms with van der Waals surface area (Å²) in [7, 11) is 2.02. The number of hydrogen-bond donors (Lipinski definition) is 1. The van der Waals surface area contributed by atoms with Gasteiger partial charge in [-0.2, -0.15) is 0 Å². The molecule has 0 bridgehead atoms. The Morgan fingerprint density at radius 2 is 2.06 bits per heavy atom. The van der Waals surface area contributed by atoms with Gasteiger partial charge in [-0.15, -0.1) is 5.10 Å². The van der Waals surface area contributed by atoms with Gasteiger partial charge in [0.05, 0.1) is 23.6 Å². The molecule has 1 atom stereocenters. The molecule has 1 aromatic carbocycles. The summed E-state index contributed by atoms with van der Waals surface area (Å²) in [5, 5.41) is 11.7. The van der Waals surface area contributed by atoms with Crippen LogP contribution in [0.4, 0.5) is 0 Å². The molecule has 0 radical (unpaired) electrons. The molecule has 18 heavy (non-hydrogen) atoms. The lowest BCUT2D eigenvalue weighted by Gasteiger charge is -2.33. The lowest BCUT2D eigenvalue weighted by atomic mass is 9.78. The SMILES string of the molecule is CNC(c1cnnn1-c1ccccc1)C1CCC1. The molecule has 0 saturated heterocycles. The Morgan fingerprint density at radius 3 is 2.67 bits per heavy atom. The van der Waals surface area contributed by atoms with Crippen LogP contribution in [0.5, 0.6) is 0 Å². The van der Waals surface area contributed by atoms with E-state index in [4.69, 9.17) is 0 Å². The molecule has 0 aliphatic heterocycles. The predicted molar refractivity (Wildman–Crippen MR) is 70.5 cm³/mol. The zero-order valence-electron chi connectivity index (χ0n) is 10.6. The highest BCUT2D eigenvalue weighted by Crippen LogP contribution is 2.37. The van der Waals surface area contributed by atoms with E-state index in [1.807, 2.05) is 36.1 Å². The first-order valence-electron chi connectivity index (χ1n) is 6.53. The second-order valence-corrected chi connectivity index (χ2v) is 4.86. The quantitative estimate of drug-likeness (QED) is 0.894. The van der Waals surface area contributed by atoms with Crippen molar-refractivity contribution in [3.05, 3.63) is 42.2 Å². The molecule has 4 heteroatoms. The fourth-order valence-corrected chi connectivity index (χ4v) is 2.62. The van der Waals surface area contributed by atoms with Crippen LogP contribution in [0, 0.1) is 5.92 Å². The third kappa shape index (κ3) is 1.93. The van der Waals surface area contributed by atoms with E-state index in [1.165, 1.54) is 19.3 Å². The molecule has 1 saturated carbocycles. The van der Waals surface area contributed by atoms with Gasteiger partial charge in [-0.1, -0.05) is 29.8 Å². The van der Waals surface area contributed by atoms with Crippen molar-refractivity contribution < 1.29 is 0 Å².